The minimum Gasteiger partial charge on any atom is -0.352 e. The molecule has 2 heteroatoms. The van der Waals surface area contributed by atoms with E-state index in [0.717, 1.165) is 25.6 Å². The standard InChI is InChI=1S/C14H28O2/c1-5-12(2)8-6-7-9-13-15-10-14(3,4)11-16-13/h12-13H,5-11H2,1-4H3. The first-order chi connectivity index (χ1) is 7.53. The van der Waals surface area contributed by atoms with Gasteiger partial charge in [0.25, 0.3) is 0 Å². The highest BCUT2D eigenvalue weighted by Gasteiger charge is 2.27. The second-order valence-electron chi connectivity index (χ2n) is 6.01. The molecule has 0 bridgehead atoms. The Morgan fingerprint density at radius 2 is 1.81 bits per heavy atom. The Bertz CT molecular complexity index is 179. The Labute approximate surface area is 101 Å². The second-order valence-corrected chi connectivity index (χ2v) is 6.01. The summed E-state index contributed by atoms with van der Waals surface area (Å²) in [5.74, 6) is 0.868. The highest BCUT2D eigenvalue weighted by molar-refractivity contribution is 4.71. The lowest BCUT2D eigenvalue weighted by atomic mass is 9.95. The molecule has 0 amide bonds. The van der Waals surface area contributed by atoms with Crippen LogP contribution in [0.1, 0.15) is 59.8 Å². The quantitative estimate of drug-likeness (QED) is 0.640. The third-order valence-electron chi connectivity index (χ3n) is 3.40. The van der Waals surface area contributed by atoms with Crippen LogP contribution in [0.25, 0.3) is 0 Å². The van der Waals surface area contributed by atoms with E-state index in [1.165, 1.54) is 25.7 Å². The average Bonchev–Trinajstić information content (AvgIpc) is 2.26. The SMILES string of the molecule is CCC(C)CCCCC1OCC(C)(C)CO1. The lowest BCUT2D eigenvalue weighted by Gasteiger charge is -2.34. The fraction of sp³-hybridized carbons (Fsp3) is 1.00. The van der Waals surface area contributed by atoms with Crippen LogP contribution in [0, 0.1) is 11.3 Å². The molecule has 0 aliphatic carbocycles. The maximum atomic E-state index is 5.70. The molecule has 96 valence electrons. The predicted molar refractivity (Wildman–Crippen MR) is 67.4 cm³/mol. The van der Waals surface area contributed by atoms with E-state index in [-0.39, 0.29) is 11.7 Å². The molecule has 0 radical (unpaired) electrons. The largest absolute Gasteiger partial charge is 0.352 e. The fourth-order valence-electron chi connectivity index (χ4n) is 1.90. The molecule has 0 aromatic carbocycles. The molecular weight excluding hydrogens is 200 g/mol. The summed E-state index contributed by atoms with van der Waals surface area (Å²) in [5.41, 5.74) is 0.202. The van der Waals surface area contributed by atoms with Crippen LogP contribution in [0.3, 0.4) is 0 Å². The predicted octanol–water partition coefficient (Wildman–Crippen LogP) is 3.99. The second kappa shape index (κ2) is 6.61. The van der Waals surface area contributed by atoms with Gasteiger partial charge >= 0.3 is 0 Å². The Morgan fingerprint density at radius 1 is 1.19 bits per heavy atom. The van der Waals surface area contributed by atoms with Gasteiger partial charge in [-0.3, -0.25) is 0 Å². The number of unbranched alkanes of at least 4 members (excludes halogenated alkanes) is 1. The van der Waals surface area contributed by atoms with Crippen molar-refractivity contribution in [2.24, 2.45) is 11.3 Å². The van der Waals surface area contributed by atoms with Crippen molar-refractivity contribution in [1.82, 2.24) is 0 Å². The van der Waals surface area contributed by atoms with Gasteiger partial charge in [-0.25, -0.2) is 0 Å². The smallest absolute Gasteiger partial charge is 0.157 e. The molecule has 0 spiro atoms. The maximum absolute atomic E-state index is 5.70. The van der Waals surface area contributed by atoms with Crippen LogP contribution in [-0.2, 0) is 9.47 Å². The van der Waals surface area contributed by atoms with Crippen molar-refractivity contribution >= 4 is 0 Å². The van der Waals surface area contributed by atoms with Crippen molar-refractivity contribution < 1.29 is 9.47 Å². The van der Waals surface area contributed by atoms with E-state index in [1.807, 2.05) is 0 Å². The number of hydrogen-bond acceptors (Lipinski definition) is 2. The lowest BCUT2D eigenvalue weighted by molar-refractivity contribution is -0.224. The average molecular weight is 228 g/mol. The molecule has 0 saturated carbocycles. The van der Waals surface area contributed by atoms with Gasteiger partial charge in [0.05, 0.1) is 13.2 Å². The van der Waals surface area contributed by atoms with Gasteiger partial charge in [0.15, 0.2) is 6.29 Å². The van der Waals surface area contributed by atoms with Gasteiger partial charge in [-0.1, -0.05) is 47.0 Å². The Kier molecular flexibility index (Phi) is 5.77. The van der Waals surface area contributed by atoms with Crippen molar-refractivity contribution in [3.8, 4) is 0 Å². The van der Waals surface area contributed by atoms with Crippen LogP contribution in [0.4, 0.5) is 0 Å². The highest BCUT2D eigenvalue weighted by atomic mass is 16.7. The van der Waals surface area contributed by atoms with Crippen LogP contribution >= 0.6 is 0 Å². The number of hydrogen-bond donors (Lipinski definition) is 0. The Morgan fingerprint density at radius 3 is 2.38 bits per heavy atom. The molecule has 1 rings (SSSR count). The van der Waals surface area contributed by atoms with Crippen LogP contribution < -0.4 is 0 Å². The molecule has 2 nitrogen and oxygen atoms in total. The van der Waals surface area contributed by atoms with Crippen LogP contribution in [0.15, 0.2) is 0 Å². The van der Waals surface area contributed by atoms with E-state index in [9.17, 15) is 0 Å². The zero-order valence-electron chi connectivity index (χ0n) is 11.4. The molecule has 0 aromatic rings. The summed E-state index contributed by atoms with van der Waals surface area (Å²) < 4.78 is 11.4. The van der Waals surface area contributed by atoms with Gasteiger partial charge in [0, 0.05) is 5.41 Å². The summed E-state index contributed by atoms with van der Waals surface area (Å²) in [5, 5.41) is 0. The monoisotopic (exact) mass is 228 g/mol. The zero-order chi connectivity index (χ0) is 12.0. The van der Waals surface area contributed by atoms with Gasteiger partial charge in [-0.2, -0.15) is 0 Å². The van der Waals surface area contributed by atoms with Crippen molar-refractivity contribution in [1.29, 1.82) is 0 Å². The van der Waals surface area contributed by atoms with Gasteiger partial charge in [0.1, 0.15) is 0 Å². The molecule has 1 aliphatic heterocycles. The summed E-state index contributed by atoms with van der Waals surface area (Å²) in [6.07, 6.45) is 6.30. The van der Waals surface area contributed by atoms with Crippen LogP contribution in [0.2, 0.25) is 0 Å². The molecule has 16 heavy (non-hydrogen) atoms. The molecule has 1 unspecified atom stereocenters. The minimum absolute atomic E-state index is 0.0601. The Hall–Kier alpha value is -0.0800. The summed E-state index contributed by atoms with van der Waals surface area (Å²) in [6, 6.07) is 0. The van der Waals surface area contributed by atoms with Crippen molar-refractivity contribution in [3.05, 3.63) is 0 Å². The molecular formula is C14H28O2. The highest BCUT2D eigenvalue weighted by Crippen LogP contribution is 2.25. The van der Waals surface area contributed by atoms with Crippen molar-refractivity contribution in [2.75, 3.05) is 13.2 Å². The molecule has 1 saturated heterocycles. The first-order valence-electron chi connectivity index (χ1n) is 6.77. The van der Waals surface area contributed by atoms with Gasteiger partial charge < -0.3 is 9.47 Å². The van der Waals surface area contributed by atoms with E-state index in [2.05, 4.69) is 27.7 Å². The van der Waals surface area contributed by atoms with Gasteiger partial charge in [-0.15, -0.1) is 0 Å². The van der Waals surface area contributed by atoms with Gasteiger partial charge in [-0.05, 0) is 18.8 Å². The van der Waals surface area contributed by atoms with Crippen molar-refractivity contribution in [3.63, 3.8) is 0 Å². The topological polar surface area (TPSA) is 18.5 Å². The van der Waals surface area contributed by atoms with E-state index in [4.69, 9.17) is 9.47 Å². The third-order valence-corrected chi connectivity index (χ3v) is 3.40. The van der Waals surface area contributed by atoms with E-state index >= 15 is 0 Å². The van der Waals surface area contributed by atoms with E-state index in [0.29, 0.717) is 0 Å². The fourth-order valence-corrected chi connectivity index (χ4v) is 1.90. The molecule has 0 N–H and O–H groups in total. The van der Waals surface area contributed by atoms with E-state index < -0.39 is 0 Å². The lowest BCUT2D eigenvalue weighted by Crippen LogP contribution is -2.37. The Balaban J connectivity index is 2.02. The molecule has 1 atom stereocenters. The maximum Gasteiger partial charge on any atom is 0.157 e. The first kappa shape index (κ1) is 14.0. The van der Waals surface area contributed by atoms with Crippen molar-refractivity contribution in [2.45, 2.75) is 66.1 Å². The van der Waals surface area contributed by atoms with E-state index in [1.54, 1.807) is 0 Å². The summed E-state index contributed by atoms with van der Waals surface area (Å²) in [7, 11) is 0. The summed E-state index contributed by atoms with van der Waals surface area (Å²) in [4.78, 5) is 0. The third kappa shape index (κ3) is 5.31. The molecule has 1 heterocycles. The van der Waals surface area contributed by atoms with Crippen LogP contribution in [0.5, 0.6) is 0 Å². The van der Waals surface area contributed by atoms with Crippen LogP contribution in [-0.4, -0.2) is 19.5 Å². The molecule has 1 fully saturated rings. The first-order valence-corrected chi connectivity index (χ1v) is 6.77. The summed E-state index contributed by atoms with van der Waals surface area (Å²) >= 11 is 0. The molecule has 1 aliphatic rings. The van der Waals surface area contributed by atoms with Gasteiger partial charge in [0.2, 0.25) is 0 Å². The minimum atomic E-state index is 0.0601. The number of rotatable bonds is 6. The summed E-state index contributed by atoms with van der Waals surface area (Å²) in [6.45, 7) is 10.6. The molecule has 0 aromatic heterocycles. The normalized spacial score (nSPS) is 23.2. The zero-order valence-corrected chi connectivity index (χ0v) is 11.4. The number of ether oxygens (including phenoxy) is 2.